The van der Waals surface area contributed by atoms with Crippen molar-refractivity contribution >= 4 is 32.7 Å². The average Bonchev–Trinajstić information content (AvgIpc) is 3.14. The van der Waals surface area contributed by atoms with Crippen LogP contribution in [0.2, 0.25) is 0 Å². The number of carbonyl (C=O) groups is 1. The summed E-state index contributed by atoms with van der Waals surface area (Å²) in [6.45, 7) is 4.65. The molecule has 2 aliphatic heterocycles. The van der Waals surface area contributed by atoms with Crippen LogP contribution in [-0.4, -0.2) is 52.3 Å². The highest BCUT2D eigenvalue weighted by Crippen LogP contribution is 2.43. The van der Waals surface area contributed by atoms with E-state index in [0.717, 1.165) is 60.1 Å². The molecule has 0 N–H and O–H groups in total. The summed E-state index contributed by atoms with van der Waals surface area (Å²) in [4.78, 5) is 21.6. The van der Waals surface area contributed by atoms with E-state index < -0.39 is 0 Å². The van der Waals surface area contributed by atoms with E-state index in [-0.39, 0.29) is 5.41 Å². The van der Waals surface area contributed by atoms with Crippen LogP contribution in [0, 0.1) is 12.3 Å². The van der Waals surface area contributed by atoms with Gasteiger partial charge >= 0.3 is 0 Å². The number of fused-ring (bicyclic) bond motifs is 1. The van der Waals surface area contributed by atoms with Crippen molar-refractivity contribution in [1.29, 1.82) is 0 Å². The molecule has 22 heavy (non-hydrogen) atoms. The van der Waals surface area contributed by atoms with Crippen LogP contribution in [0.5, 0.6) is 0 Å². The number of hydrogen-bond acceptors (Lipinski definition) is 5. The second-order valence-corrected chi connectivity index (χ2v) is 7.62. The highest BCUT2D eigenvalue weighted by molar-refractivity contribution is 7.22. The van der Waals surface area contributed by atoms with Gasteiger partial charge in [0.2, 0.25) is 5.91 Å². The van der Waals surface area contributed by atoms with E-state index >= 15 is 0 Å². The fourth-order valence-electron chi connectivity index (χ4n) is 3.89. The van der Waals surface area contributed by atoms with Gasteiger partial charge in [-0.05, 0) is 26.2 Å². The fraction of sp³-hybridized carbons (Fsp3) is 0.667. The first-order chi connectivity index (χ1) is 10.5. The van der Waals surface area contributed by atoms with E-state index in [1.165, 1.54) is 0 Å². The molecule has 2 aromatic heterocycles. The summed E-state index contributed by atoms with van der Waals surface area (Å²) >= 11 is 1.70. The highest BCUT2D eigenvalue weighted by Gasteiger charge is 2.48. The van der Waals surface area contributed by atoms with Gasteiger partial charge in [-0.25, -0.2) is 9.67 Å². The van der Waals surface area contributed by atoms with Gasteiger partial charge in [0.1, 0.15) is 0 Å². The van der Waals surface area contributed by atoms with Crippen LogP contribution in [-0.2, 0) is 11.8 Å². The van der Waals surface area contributed by atoms with Gasteiger partial charge < -0.3 is 9.80 Å². The summed E-state index contributed by atoms with van der Waals surface area (Å²) in [6.07, 6.45) is 3.07. The molecule has 4 heterocycles. The van der Waals surface area contributed by atoms with E-state index in [2.05, 4.69) is 10.00 Å². The zero-order chi connectivity index (χ0) is 15.5. The number of aryl methyl sites for hydroxylation is 2. The van der Waals surface area contributed by atoms with Crippen LogP contribution >= 0.6 is 11.3 Å². The van der Waals surface area contributed by atoms with Crippen molar-refractivity contribution in [3.63, 3.8) is 0 Å². The first-order valence-corrected chi connectivity index (χ1v) is 8.62. The second kappa shape index (κ2) is 4.68. The van der Waals surface area contributed by atoms with Crippen molar-refractivity contribution in [2.45, 2.75) is 26.2 Å². The van der Waals surface area contributed by atoms with Gasteiger partial charge in [0, 0.05) is 33.7 Å². The predicted octanol–water partition coefficient (Wildman–Crippen LogP) is 1.79. The second-order valence-electron chi connectivity index (χ2n) is 6.64. The molecule has 7 heteroatoms. The number of nitrogens with zero attached hydrogens (tertiary/aromatic N) is 5. The molecule has 0 aliphatic carbocycles. The smallest absolute Gasteiger partial charge is 0.230 e. The Bertz CT molecular complexity index is 716. The lowest BCUT2D eigenvalue weighted by Crippen LogP contribution is -2.48. The molecule has 0 radical (unpaired) electrons. The molecule has 1 atom stereocenters. The van der Waals surface area contributed by atoms with E-state index in [4.69, 9.17) is 4.98 Å². The Morgan fingerprint density at radius 2 is 2.05 bits per heavy atom. The summed E-state index contributed by atoms with van der Waals surface area (Å²) in [5.41, 5.74) is 1.80. The van der Waals surface area contributed by atoms with Gasteiger partial charge in [-0.2, -0.15) is 5.10 Å². The van der Waals surface area contributed by atoms with Crippen LogP contribution < -0.4 is 4.90 Å². The Morgan fingerprint density at radius 1 is 1.23 bits per heavy atom. The summed E-state index contributed by atoms with van der Waals surface area (Å²) in [5.74, 6) is 0.320. The fourth-order valence-corrected chi connectivity index (χ4v) is 4.95. The molecule has 0 saturated carbocycles. The van der Waals surface area contributed by atoms with Gasteiger partial charge in [0.25, 0.3) is 0 Å². The van der Waals surface area contributed by atoms with Crippen molar-refractivity contribution in [1.82, 2.24) is 19.7 Å². The number of likely N-dealkylation sites (tertiary alicyclic amines) is 1. The lowest BCUT2D eigenvalue weighted by molar-refractivity contribution is -0.143. The minimum absolute atomic E-state index is 0.182. The van der Waals surface area contributed by atoms with Gasteiger partial charge in [-0.3, -0.25) is 4.79 Å². The molecule has 2 aromatic rings. The third kappa shape index (κ3) is 1.87. The zero-order valence-corrected chi connectivity index (χ0v) is 14.1. The van der Waals surface area contributed by atoms with Crippen molar-refractivity contribution in [2.75, 3.05) is 31.6 Å². The molecule has 2 saturated heterocycles. The summed E-state index contributed by atoms with van der Waals surface area (Å²) < 4.78 is 3.00. The Kier molecular flexibility index (Phi) is 2.98. The van der Waals surface area contributed by atoms with Gasteiger partial charge in [0.05, 0.1) is 15.8 Å². The maximum absolute atomic E-state index is 12.6. The first kappa shape index (κ1) is 14.0. The van der Waals surface area contributed by atoms with E-state index in [1.807, 2.05) is 30.6 Å². The number of carbonyl (C=O) groups excluding carboxylic acids is 1. The molecule has 2 aliphatic rings. The maximum Gasteiger partial charge on any atom is 0.230 e. The van der Waals surface area contributed by atoms with E-state index in [9.17, 15) is 4.79 Å². The number of amides is 1. The number of anilines is 1. The lowest BCUT2D eigenvalue weighted by atomic mass is 9.78. The topological polar surface area (TPSA) is 54.3 Å². The van der Waals surface area contributed by atoms with Crippen LogP contribution in [0.25, 0.3) is 10.3 Å². The number of thiazole rings is 1. The number of aromatic nitrogens is 3. The van der Waals surface area contributed by atoms with Crippen molar-refractivity contribution in [2.24, 2.45) is 12.5 Å². The minimum Gasteiger partial charge on any atom is -0.347 e. The predicted molar refractivity (Wildman–Crippen MR) is 87.3 cm³/mol. The van der Waals surface area contributed by atoms with E-state index in [1.54, 1.807) is 11.3 Å². The quantitative estimate of drug-likeness (QED) is 0.804. The molecular formula is C15H21N5OS. The summed E-state index contributed by atoms with van der Waals surface area (Å²) in [7, 11) is 3.86. The third-order valence-electron chi connectivity index (χ3n) is 5.11. The van der Waals surface area contributed by atoms with Crippen LogP contribution in [0.15, 0.2) is 0 Å². The minimum atomic E-state index is -0.182. The monoisotopic (exact) mass is 319 g/mol. The van der Waals surface area contributed by atoms with Gasteiger partial charge in [-0.1, -0.05) is 11.3 Å². The van der Waals surface area contributed by atoms with Crippen LogP contribution in [0.1, 0.15) is 25.0 Å². The third-order valence-corrected chi connectivity index (χ3v) is 6.32. The molecule has 1 amide bonds. The van der Waals surface area contributed by atoms with Crippen LogP contribution in [0.4, 0.5) is 5.13 Å². The zero-order valence-electron chi connectivity index (χ0n) is 13.3. The Balaban J connectivity index is 1.64. The van der Waals surface area contributed by atoms with E-state index in [0.29, 0.717) is 5.91 Å². The Morgan fingerprint density at radius 3 is 2.82 bits per heavy atom. The van der Waals surface area contributed by atoms with Crippen molar-refractivity contribution in [3.8, 4) is 0 Å². The molecule has 1 spiro atoms. The molecule has 118 valence electrons. The Labute approximate surface area is 133 Å². The average molecular weight is 319 g/mol. The molecule has 1 unspecified atom stereocenters. The standard InChI is InChI=1S/C15H21N5OS/c1-10-11-12(19(3)17-10)16-14(22-11)20-8-6-15(9-20)5-4-7-18(2)13(15)21/h4-9H2,1-3H3. The number of rotatable bonds is 1. The first-order valence-electron chi connectivity index (χ1n) is 7.81. The van der Waals surface area contributed by atoms with Crippen molar-refractivity contribution in [3.05, 3.63) is 5.69 Å². The number of piperidine rings is 1. The van der Waals surface area contributed by atoms with Gasteiger partial charge in [0.15, 0.2) is 10.8 Å². The summed E-state index contributed by atoms with van der Waals surface area (Å²) in [6, 6.07) is 0. The molecule has 0 aromatic carbocycles. The highest BCUT2D eigenvalue weighted by atomic mass is 32.1. The number of hydrogen-bond donors (Lipinski definition) is 0. The Hall–Kier alpha value is -1.63. The molecule has 4 rings (SSSR count). The molecule has 0 bridgehead atoms. The SMILES string of the molecule is Cc1nn(C)c2nc(N3CCC4(CCCN(C)C4=O)C3)sc12. The molecule has 2 fully saturated rings. The molecular weight excluding hydrogens is 298 g/mol. The van der Waals surface area contributed by atoms with Gasteiger partial charge in [-0.15, -0.1) is 0 Å². The summed E-state index contributed by atoms with van der Waals surface area (Å²) in [5, 5.41) is 5.44. The maximum atomic E-state index is 12.6. The largest absolute Gasteiger partial charge is 0.347 e. The lowest BCUT2D eigenvalue weighted by Gasteiger charge is -2.37. The normalized spacial score (nSPS) is 25.9. The van der Waals surface area contributed by atoms with Crippen molar-refractivity contribution < 1.29 is 4.79 Å². The molecule has 6 nitrogen and oxygen atoms in total. The van der Waals surface area contributed by atoms with Crippen LogP contribution in [0.3, 0.4) is 0 Å².